The minimum Gasteiger partial charge on any atom is -0.355 e. The number of hydrogen-bond acceptors (Lipinski definition) is 3. The fraction of sp³-hybridized carbons (Fsp3) is 0.909. The van der Waals surface area contributed by atoms with E-state index in [9.17, 15) is 4.79 Å². The second-order valence-corrected chi connectivity index (χ2v) is 9.33. The van der Waals surface area contributed by atoms with Crippen molar-refractivity contribution in [3.63, 3.8) is 0 Å². The van der Waals surface area contributed by atoms with Gasteiger partial charge < -0.3 is 15.1 Å². The maximum absolute atomic E-state index is 12.6. The molecule has 7 heteroatoms. The van der Waals surface area contributed by atoms with Crippen LogP contribution in [-0.4, -0.2) is 86.0 Å². The quantitative estimate of drug-likeness (QED) is 0.354. The highest BCUT2D eigenvalue weighted by Gasteiger charge is 2.35. The number of amides is 1. The zero-order valence-corrected chi connectivity index (χ0v) is 20.5. The molecule has 0 aromatic rings. The van der Waals surface area contributed by atoms with Gasteiger partial charge in [-0.15, -0.1) is 24.0 Å². The summed E-state index contributed by atoms with van der Waals surface area (Å²) in [4.78, 5) is 24.2. The molecule has 2 atom stereocenters. The van der Waals surface area contributed by atoms with Gasteiger partial charge >= 0.3 is 0 Å². The second-order valence-electron chi connectivity index (χ2n) is 9.33. The third-order valence-corrected chi connectivity index (χ3v) is 7.59. The molecule has 0 aromatic carbocycles. The summed E-state index contributed by atoms with van der Waals surface area (Å²) in [5, 5.41) is 3.60. The van der Waals surface area contributed by atoms with Crippen LogP contribution < -0.4 is 5.32 Å². The summed E-state index contributed by atoms with van der Waals surface area (Å²) < 4.78 is 0. The fourth-order valence-corrected chi connectivity index (χ4v) is 5.86. The number of nitrogens with one attached hydrogen (secondary N) is 1. The van der Waals surface area contributed by atoms with Gasteiger partial charge in [-0.1, -0.05) is 25.7 Å². The summed E-state index contributed by atoms with van der Waals surface area (Å²) in [6.45, 7) is 8.16. The van der Waals surface area contributed by atoms with Crippen molar-refractivity contribution in [1.29, 1.82) is 0 Å². The molecular weight excluding hydrogens is 477 g/mol. The van der Waals surface area contributed by atoms with Crippen LogP contribution in [0.5, 0.6) is 0 Å². The minimum atomic E-state index is 0. The van der Waals surface area contributed by atoms with Crippen LogP contribution in [0.1, 0.15) is 51.4 Å². The summed E-state index contributed by atoms with van der Waals surface area (Å²) in [5.41, 5.74) is 0. The zero-order valence-electron chi connectivity index (χ0n) is 18.2. The molecule has 0 radical (unpaired) electrons. The first-order chi connectivity index (χ1) is 13.7. The van der Waals surface area contributed by atoms with Crippen molar-refractivity contribution in [3.05, 3.63) is 0 Å². The number of nitrogens with zero attached hydrogens (tertiary/aromatic N) is 4. The van der Waals surface area contributed by atoms with Gasteiger partial charge in [0.25, 0.3) is 0 Å². The monoisotopic (exact) mass is 517 g/mol. The molecule has 4 rings (SSSR count). The average Bonchev–Trinajstić information content (AvgIpc) is 3.41. The van der Waals surface area contributed by atoms with Crippen molar-refractivity contribution >= 4 is 35.8 Å². The van der Waals surface area contributed by atoms with E-state index in [1.165, 1.54) is 51.6 Å². The lowest BCUT2D eigenvalue weighted by Gasteiger charge is -2.36. The second kappa shape index (κ2) is 11.2. The number of carbonyl (C=O) groups is 1. The third-order valence-electron chi connectivity index (χ3n) is 7.59. The van der Waals surface area contributed by atoms with Crippen LogP contribution in [0.4, 0.5) is 0 Å². The number of hydrogen-bond donors (Lipinski definition) is 1. The highest BCUT2D eigenvalue weighted by molar-refractivity contribution is 14.0. The van der Waals surface area contributed by atoms with Crippen molar-refractivity contribution < 1.29 is 4.79 Å². The van der Waals surface area contributed by atoms with E-state index in [4.69, 9.17) is 0 Å². The SMILES string of the molecule is CN=C(NCCN1CCN(C(=O)C2CCCC2)CC1)N1CC2CCCCC2C1.I. The number of guanidine groups is 1. The van der Waals surface area contributed by atoms with E-state index in [1.807, 2.05) is 7.05 Å². The zero-order chi connectivity index (χ0) is 19.3. The first-order valence-corrected chi connectivity index (χ1v) is 11.7. The molecule has 2 aliphatic carbocycles. The van der Waals surface area contributed by atoms with Crippen LogP contribution in [0.25, 0.3) is 0 Å². The molecule has 1 amide bonds. The molecule has 2 heterocycles. The summed E-state index contributed by atoms with van der Waals surface area (Å²) in [6.07, 6.45) is 10.3. The van der Waals surface area contributed by atoms with Gasteiger partial charge in [-0.05, 0) is 37.5 Å². The van der Waals surface area contributed by atoms with Crippen LogP contribution in [-0.2, 0) is 4.79 Å². The average molecular weight is 518 g/mol. The predicted molar refractivity (Wildman–Crippen MR) is 129 cm³/mol. The Labute approximate surface area is 193 Å². The Balaban J connectivity index is 0.00000240. The molecule has 6 nitrogen and oxygen atoms in total. The molecule has 1 N–H and O–H groups in total. The van der Waals surface area contributed by atoms with E-state index in [0.29, 0.717) is 11.8 Å². The van der Waals surface area contributed by atoms with E-state index in [-0.39, 0.29) is 24.0 Å². The van der Waals surface area contributed by atoms with Gasteiger partial charge in [0.15, 0.2) is 5.96 Å². The Hall–Kier alpha value is -0.570. The molecule has 2 aliphatic heterocycles. The summed E-state index contributed by atoms with van der Waals surface area (Å²) in [5.74, 6) is 3.60. The maximum atomic E-state index is 12.6. The molecule has 0 bridgehead atoms. The molecule has 4 aliphatic rings. The van der Waals surface area contributed by atoms with Crippen molar-refractivity contribution in [2.45, 2.75) is 51.4 Å². The summed E-state index contributed by atoms with van der Waals surface area (Å²) >= 11 is 0. The van der Waals surface area contributed by atoms with Gasteiger partial charge in [-0.25, -0.2) is 0 Å². The van der Waals surface area contributed by atoms with Gasteiger partial charge in [-0.2, -0.15) is 0 Å². The van der Waals surface area contributed by atoms with E-state index in [2.05, 4.69) is 25.0 Å². The number of aliphatic imine (C=N–C) groups is 1. The van der Waals surface area contributed by atoms with Crippen LogP contribution in [0.3, 0.4) is 0 Å². The van der Waals surface area contributed by atoms with Crippen molar-refractivity contribution in [2.24, 2.45) is 22.7 Å². The minimum absolute atomic E-state index is 0. The number of halogens is 1. The highest BCUT2D eigenvalue weighted by Crippen LogP contribution is 2.35. The Kier molecular flexibility index (Phi) is 8.89. The lowest BCUT2D eigenvalue weighted by molar-refractivity contribution is -0.137. The lowest BCUT2D eigenvalue weighted by Crippen LogP contribution is -2.52. The topological polar surface area (TPSA) is 51.2 Å². The maximum Gasteiger partial charge on any atom is 0.225 e. The molecule has 166 valence electrons. The van der Waals surface area contributed by atoms with Gasteiger partial charge in [-0.3, -0.25) is 14.7 Å². The van der Waals surface area contributed by atoms with Crippen molar-refractivity contribution in [2.75, 3.05) is 59.4 Å². The molecule has 0 spiro atoms. The van der Waals surface area contributed by atoms with E-state index in [0.717, 1.165) is 69.9 Å². The van der Waals surface area contributed by atoms with Crippen molar-refractivity contribution in [3.8, 4) is 0 Å². The van der Waals surface area contributed by atoms with Gasteiger partial charge in [0.1, 0.15) is 0 Å². The van der Waals surface area contributed by atoms with Crippen LogP contribution in [0.15, 0.2) is 4.99 Å². The molecule has 0 aromatic heterocycles. The number of rotatable bonds is 4. The van der Waals surface area contributed by atoms with Crippen LogP contribution in [0, 0.1) is 17.8 Å². The first-order valence-electron chi connectivity index (χ1n) is 11.7. The normalized spacial score (nSPS) is 28.9. The molecule has 2 saturated heterocycles. The van der Waals surface area contributed by atoms with Gasteiger partial charge in [0.05, 0.1) is 0 Å². The standard InChI is InChI=1S/C22H39N5O.HI/c1-23-22(27-16-19-8-4-5-9-20(19)17-27)24-10-11-25-12-14-26(15-13-25)21(28)18-6-2-3-7-18;/h18-20H,2-17H2,1H3,(H,23,24);1H. The first kappa shape index (κ1) is 23.1. The predicted octanol–water partition coefficient (Wildman–Crippen LogP) is 2.64. The summed E-state index contributed by atoms with van der Waals surface area (Å²) in [6, 6.07) is 0. The van der Waals surface area contributed by atoms with Gasteiger partial charge in [0, 0.05) is 65.3 Å². The Morgan fingerprint density at radius 1 is 0.897 bits per heavy atom. The molecule has 29 heavy (non-hydrogen) atoms. The Morgan fingerprint density at radius 3 is 2.07 bits per heavy atom. The highest BCUT2D eigenvalue weighted by atomic mass is 127. The summed E-state index contributed by atoms with van der Waals surface area (Å²) in [7, 11) is 1.91. The number of fused-ring (bicyclic) bond motifs is 1. The fourth-order valence-electron chi connectivity index (χ4n) is 5.86. The van der Waals surface area contributed by atoms with E-state index in [1.54, 1.807) is 0 Å². The Bertz CT molecular complexity index is 543. The molecule has 2 saturated carbocycles. The molecule has 2 unspecified atom stereocenters. The number of carbonyl (C=O) groups excluding carboxylic acids is 1. The largest absolute Gasteiger partial charge is 0.355 e. The van der Waals surface area contributed by atoms with Crippen LogP contribution in [0.2, 0.25) is 0 Å². The molecular formula is C22H40IN5O. The smallest absolute Gasteiger partial charge is 0.225 e. The van der Waals surface area contributed by atoms with Crippen molar-refractivity contribution in [1.82, 2.24) is 20.0 Å². The van der Waals surface area contributed by atoms with Crippen LogP contribution >= 0.6 is 24.0 Å². The van der Waals surface area contributed by atoms with Gasteiger partial charge in [0.2, 0.25) is 5.91 Å². The molecule has 4 fully saturated rings. The van der Waals surface area contributed by atoms with E-state index < -0.39 is 0 Å². The Morgan fingerprint density at radius 2 is 1.48 bits per heavy atom. The number of piperazine rings is 1. The third kappa shape index (κ3) is 5.77. The van der Waals surface area contributed by atoms with E-state index >= 15 is 0 Å². The number of likely N-dealkylation sites (tertiary alicyclic amines) is 1. The lowest BCUT2D eigenvalue weighted by atomic mass is 9.82.